The summed E-state index contributed by atoms with van der Waals surface area (Å²) in [5.74, 6) is -5.17. The molecular formula is C14H12F3N3O2. The van der Waals surface area contributed by atoms with Gasteiger partial charge in [0, 0.05) is 12.1 Å². The number of halogens is 3. The summed E-state index contributed by atoms with van der Waals surface area (Å²) in [6.45, 7) is -0.867. The van der Waals surface area contributed by atoms with Gasteiger partial charge < -0.3 is 10.2 Å². The van der Waals surface area contributed by atoms with Gasteiger partial charge in [-0.15, -0.1) is 0 Å². The minimum atomic E-state index is -3.12. The van der Waals surface area contributed by atoms with Gasteiger partial charge in [-0.3, -0.25) is 9.59 Å². The molecule has 1 aliphatic rings. The summed E-state index contributed by atoms with van der Waals surface area (Å²) < 4.78 is 39.2. The van der Waals surface area contributed by atoms with Crippen molar-refractivity contribution in [1.29, 1.82) is 5.26 Å². The smallest absolute Gasteiger partial charge is 0.268 e. The lowest BCUT2D eigenvalue weighted by Gasteiger charge is -2.18. The Labute approximate surface area is 124 Å². The summed E-state index contributed by atoms with van der Waals surface area (Å²) in [7, 11) is 0. The molecule has 1 atom stereocenters. The van der Waals surface area contributed by atoms with Gasteiger partial charge in [-0.1, -0.05) is 0 Å². The zero-order valence-electron chi connectivity index (χ0n) is 11.4. The fourth-order valence-electron chi connectivity index (χ4n) is 2.17. The summed E-state index contributed by atoms with van der Waals surface area (Å²) in [5, 5.41) is 11.2. The third-order valence-electron chi connectivity index (χ3n) is 3.18. The number of nitrogens with one attached hydrogen (secondary N) is 1. The van der Waals surface area contributed by atoms with Crippen LogP contribution in [0.2, 0.25) is 0 Å². The van der Waals surface area contributed by atoms with Gasteiger partial charge in [0.15, 0.2) is 0 Å². The Hall–Kier alpha value is -2.56. The van der Waals surface area contributed by atoms with E-state index in [1.807, 2.05) is 0 Å². The zero-order valence-corrected chi connectivity index (χ0v) is 11.4. The van der Waals surface area contributed by atoms with E-state index >= 15 is 0 Å². The van der Waals surface area contributed by atoms with E-state index in [2.05, 4.69) is 5.32 Å². The summed E-state index contributed by atoms with van der Waals surface area (Å²) in [6, 6.07) is 5.27. The molecule has 22 heavy (non-hydrogen) atoms. The summed E-state index contributed by atoms with van der Waals surface area (Å²) in [4.78, 5) is 24.3. The molecule has 1 saturated heterocycles. The number of likely N-dealkylation sites (tertiary alicyclic amines) is 1. The molecule has 0 aromatic heterocycles. The summed E-state index contributed by atoms with van der Waals surface area (Å²) in [5.41, 5.74) is 0.280. The molecule has 5 nitrogen and oxygen atoms in total. The minimum Gasteiger partial charge on any atom is -0.326 e. The maximum Gasteiger partial charge on any atom is 0.268 e. The summed E-state index contributed by atoms with van der Waals surface area (Å²) in [6.07, 6.45) is -1.39. The molecule has 1 aromatic rings. The Morgan fingerprint density at radius 1 is 1.36 bits per heavy atom. The average molecular weight is 311 g/mol. The van der Waals surface area contributed by atoms with Crippen molar-refractivity contribution in [3.63, 3.8) is 0 Å². The van der Waals surface area contributed by atoms with Crippen molar-refractivity contribution < 1.29 is 22.8 Å². The normalized spacial score (nSPS) is 19.5. The third-order valence-corrected chi connectivity index (χ3v) is 3.18. The van der Waals surface area contributed by atoms with Crippen molar-refractivity contribution in [3.8, 4) is 6.07 Å². The highest BCUT2D eigenvalue weighted by Crippen LogP contribution is 2.32. The lowest BCUT2D eigenvalue weighted by atomic mass is 10.2. The number of hydrogen-bond donors (Lipinski definition) is 1. The molecule has 0 spiro atoms. The minimum absolute atomic E-state index is 0.280. The molecule has 0 bridgehead atoms. The van der Waals surface area contributed by atoms with Crippen LogP contribution in [0.1, 0.15) is 12.8 Å². The first-order valence-corrected chi connectivity index (χ1v) is 6.43. The number of rotatable bonds is 3. The van der Waals surface area contributed by atoms with E-state index in [4.69, 9.17) is 5.26 Å². The number of carbonyl (C=O) groups excluding carboxylic acids is 2. The Kier molecular flexibility index (Phi) is 4.35. The van der Waals surface area contributed by atoms with Crippen LogP contribution in [0.4, 0.5) is 18.9 Å². The predicted molar refractivity (Wildman–Crippen MR) is 70.3 cm³/mol. The van der Waals surface area contributed by atoms with Crippen LogP contribution < -0.4 is 5.32 Å². The van der Waals surface area contributed by atoms with Crippen LogP contribution in [-0.4, -0.2) is 35.2 Å². The first-order chi connectivity index (χ1) is 10.3. The van der Waals surface area contributed by atoms with E-state index in [0.29, 0.717) is 4.90 Å². The van der Waals surface area contributed by atoms with E-state index < -0.39 is 49.0 Å². The molecule has 2 rings (SSSR count). The number of amides is 2. The molecule has 8 heteroatoms. The summed E-state index contributed by atoms with van der Waals surface area (Å²) >= 11 is 0. The van der Waals surface area contributed by atoms with Crippen molar-refractivity contribution in [1.82, 2.24) is 4.90 Å². The zero-order chi connectivity index (χ0) is 16.3. The number of alkyl halides is 2. The topological polar surface area (TPSA) is 73.2 Å². The predicted octanol–water partition coefficient (Wildman–Crippen LogP) is 1.91. The molecule has 0 radical (unpaired) electrons. The van der Waals surface area contributed by atoms with Gasteiger partial charge >= 0.3 is 0 Å². The Balaban J connectivity index is 1.95. The van der Waals surface area contributed by atoms with Gasteiger partial charge in [-0.2, -0.15) is 5.26 Å². The lowest BCUT2D eigenvalue weighted by molar-refractivity contribution is -0.135. The Bertz CT molecular complexity index is 625. The van der Waals surface area contributed by atoms with E-state index in [9.17, 15) is 22.8 Å². The number of anilines is 1. The molecule has 1 fully saturated rings. The number of carbonyl (C=O) groups is 2. The average Bonchev–Trinajstić information content (AvgIpc) is 2.76. The van der Waals surface area contributed by atoms with Crippen LogP contribution in [0.25, 0.3) is 0 Å². The Morgan fingerprint density at radius 3 is 2.59 bits per heavy atom. The second kappa shape index (κ2) is 6.05. The van der Waals surface area contributed by atoms with E-state index in [-0.39, 0.29) is 5.69 Å². The molecule has 1 unspecified atom stereocenters. The van der Waals surface area contributed by atoms with Gasteiger partial charge in [0.1, 0.15) is 18.3 Å². The second-order valence-electron chi connectivity index (χ2n) is 4.96. The van der Waals surface area contributed by atoms with Crippen LogP contribution in [0.15, 0.2) is 24.3 Å². The van der Waals surface area contributed by atoms with Gasteiger partial charge in [-0.05, 0) is 24.3 Å². The molecule has 1 heterocycles. The third kappa shape index (κ3) is 3.75. The van der Waals surface area contributed by atoms with Crippen LogP contribution in [0.3, 0.4) is 0 Å². The highest BCUT2D eigenvalue weighted by molar-refractivity contribution is 6.03. The van der Waals surface area contributed by atoms with Crippen LogP contribution >= 0.6 is 0 Å². The van der Waals surface area contributed by atoms with E-state index in [1.165, 1.54) is 12.1 Å². The second-order valence-corrected chi connectivity index (χ2v) is 4.96. The van der Waals surface area contributed by atoms with Crippen molar-refractivity contribution in [2.24, 2.45) is 0 Å². The first-order valence-electron chi connectivity index (χ1n) is 6.43. The quantitative estimate of drug-likeness (QED) is 0.867. The van der Waals surface area contributed by atoms with Crippen molar-refractivity contribution >= 4 is 17.5 Å². The molecule has 2 amide bonds. The molecule has 0 saturated carbocycles. The number of benzene rings is 1. The molecule has 1 aromatic carbocycles. The number of nitrogens with zero attached hydrogens (tertiary/aromatic N) is 2. The first kappa shape index (κ1) is 15.8. The van der Waals surface area contributed by atoms with E-state index in [0.717, 1.165) is 12.1 Å². The van der Waals surface area contributed by atoms with Gasteiger partial charge in [0.05, 0.1) is 12.6 Å². The highest BCUT2D eigenvalue weighted by Gasteiger charge is 2.47. The van der Waals surface area contributed by atoms with Gasteiger partial charge in [0.2, 0.25) is 11.8 Å². The monoisotopic (exact) mass is 311 g/mol. The highest BCUT2D eigenvalue weighted by atomic mass is 19.3. The largest absolute Gasteiger partial charge is 0.326 e. The van der Waals surface area contributed by atoms with Crippen LogP contribution in [0.5, 0.6) is 0 Å². The molecule has 0 aliphatic carbocycles. The van der Waals surface area contributed by atoms with Crippen LogP contribution in [-0.2, 0) is 9.59 Å². The molecule has 1 aliphatic heterocycles. The lowest BCUT2D eigenvalue weighted by Crippen LogP contribution is -2.37. The number of nitriles is 1. The molecule has 1 N–H and O–H groups in total. The fraction of sp³-hybridized carbons (Fsp3) is 0.357. The van der Waals surface area contributed by atoms with Gasteiger partial charge in [0.25, 0.3) is 5.92 Å². The SMILES string of the molecule is N#CC1CC(F)(F)CN1C(=O)CC(=O)Nc1ccc(F)cc1. The van der Waals surface area contributed by atoms with Crippen LogP contribution in [0, 0.1) is 17.1 Å². The fourth-order valence-corrected chi connectivity index (χ4v) is 2.17. The maximum absolute atomic E-state index is 13.2. The van der Waals surface area contributed by atoms with Crippen molar-refractivity contribution in [2.75, 3.05) is 11.9 Å². The molecular weight excluding hydrogens is 299 g/mol. The van der Waals surface area contributed by atoms with E-state index in [1.54, 1.807) is 6.07 Å². The maximum atomic E-state index is 13.2. The molecule has 116 valence electrons. The van der Waals surface area contributed by atoms with Gasteiger partial charge in [-0.25, -0.2) is 13.2 Å². The van der Waals surface area contributed by atoms with Crippen molar-refractivity contribution in [2.45, 2.75) is 24.8 Å². The number of hydrogen-bond acceptors (Lipinski definition) is 3. The standard InChI is InChI=1S/C14H12F3N3O2/c15-9-1-3-10(4-2-9)19-12(21)5-13(22)20-8-14(16,17)6-11(20)7-18/h1-4,11H,5-6,8H2,(H,19,21). The Morgan fingerprint density at radius 2 is 2.00 bits per heavy atom. The van der Waals surface area contributed by atoms with Crippen molar-refractivity contribution in [3.05, 3.63) is 30.1 Å².